The Hall–Kier alpha value is -6.84. The highest BCUT2D eigenvalue weighted by atomic mass is 16.3. The molecule has 2 aromatic heterocycles. The van der Waals surface area contributed by atoms with Crippen LogP contribution in [-0.2, 0) is 0 Å². The van der Waals surface area contributed by atoms with Crippen LogP contribution in [0.1, 0.15) is 24.0 Å². The molecule has 3 nitrogen and oxygen atoms in total. The molecular formula is C51H34N2O. The summed E-state index contributed by atoms with van der Waals surface area (Å²) in [6.07, 6.45) is 6.88. The fourth-order valence-electron chi connectivity index (χ4n) is 8.84. The monoisotopic (exact) mass is 690 g/mol. The third kappa shape index (κ3) is 4.82. The highest BCUT2D eigenvalue weighted by Crippen LogP contribution is 2.52. The molecule has 2 aliphatic carbocycles. The zero-order valence-corrected chi connectivity index (χ0v) is 29.7. The summed E-state index contributed by atoms with van der Waals surface area (Å²) in [5, 5.41) is 4.96. The summed E-state index contributed by atoms with van der Waals surface area (Å²) in [4.78, 5) is 10.1. The molecule has 11 rings (SSSR count). The Morgan fingerprint density at radius 1 is 0.481 bits per heavy atom. The average Bonchev–Trinajstić information content (AvgIpc) is 3.77. The summed E-state index contributed by atoms with van der Waals surface area (Å²) in [5.74, 6) is 1.21. The molecule has 2 unspecified atom stereocenters. The fraction of sp³-hybridized carbons (Fsp3) is 0.0588. The van der Waals surface area contributed by atoms with Crippen molar-refractivity contribution in [2.45, 2.75) is 12.8 Å². The lowest BCUT2D eigenvalue weighted by Crippen LogP contribution is -2.12. The van der Waals surface area contributed by atoms with Gasteiger partial charge in [0, 0.05) is 33.4 Å². The number of allylic oxidation sites excluding steroid dienone is 4. The van der Waals surface area contributed by atoms with Gasteiger partial charge in [-0.1, -0.05) is 153 Å². The van der Waals surface area contributed by atoms with Gasteiger partial charge in [0.25, 0.3) is 0 Å². The first kappa shape index (κ1) is 30.8. The first-order valence-electron chi connectivity index (χ1n) is 18.7. The third-order valence-electron chi connectivity index (χ3n) is 11.5. The predicted octanol–water partition coefficient (Wildman–Crippen LogP) is 13.6. The van der Waals surface area contributed by atoms with Gasteiger partial charge in [-0.15, -0.1) is 0 Å². The van der Waals surface area contributed by atoms with E-state index in [-0.39, 0.29) is 11.8 Å². The Morgan fingerprint density at radius 3 is 2.04 bits per heavy atom. The molecule has 0 aliphatic heterocycles. The summed E-state index contributed by atoms with van der Waals surface area (Å²) in [6, 6.07) is 56.0. The molecule has 0 saturated carbocycles. The molecular weight excluding hydrogens is 657 g/mol. The van der Waals surface area contributed by atoms with Crippen LogP contribution in [0, 0.1) is 5.92 Å². The number of fused-ring (bicyclic) bond motifs is 7. The number of hydrogen-bond acceptors (Lipinski definition) is 3. The number of hydrogen-bond donors (Lipinski definition) is 0. The predicted molar refractivity (Wildman–Crippen MR) is 223 cm³/mol. The molecule has 2 heterocycles. The molecule has 9 aromatic rings. The van der Waals surface area contributed by atoms with Crippen LogP contribution in [0.3, 0.4) is 0 Å². The lowest BCUT2D eigenvalue weighted by molar-refractivity contribution is 0.654. The van der Waals surface area contributed by atoms with Gasteiger partial charge >= 0.3 is 0 Å². The van der Waals surface area contributed by atoms with E-state index in [1.165, 1.54) is 60.5 Å². The lowest BCUT2D eigenvalue weighted by Gasteiger charge is -2.28. The normalized spacial score (nSPS) is 15.9. The van der Waals surface area contributed by atoms with E-state index >= 15 is 0 Å². The first-order valence-corrected chi connectivity index (χ1v) is 18.7. The summed E-state index contributed by atoms with van der Waals surface area (Å²) in [5.41, 5.74) is 15.8. The van der Waals surface area contributed by atoms with Crippen molar-refractivity contribution in [1.29, 1.82) is 0 Å². The van der Waals surface area contributed by atoms with Crippen molar-refractivity contribution in [2.75, 3.05) is 0 Å². The molecule has 54 heavy (non-hydrogen) atoms. The molecule has 0 radical (unpaired) electrons. The minimum Gasteiger partial charge on any atom is -0.456 e. The third-order valence-corrected chi connectivity index (χ3v) is 11.5. The zero-order chi connectivity index (χ0) is 35.8. The SMILES string of the molecule is CC1C(c2cccc(-c3cc(-c4ccccc4)nc(-c4ccccc4)n3)c2)=CC=CC1c1ccc2c(c1)-c1cc3oc4ccccc4c3c3cccc-2c13. The molecule has 0 bridgehead atoms. The number of benzene rings is 7. The summed E-state index contributed by atoms with van der Waals surface area (Å²) in [6.45, 7) is 2.36. The van der Waals surface area contributed by atoms with Crippen LogP contribution in [0.4, 0.5) is 0 Å². The first-order chi connectivity index (χ1) is 26.7. The maximum absolute atomic E-state index is 6.44. The van der Waals surface area contributed by atoms with E-state index in [9.17, 15) is 0 Å². The Morgan fingerprint density at radius 2 is 1.19 bits per heavy atom. The van der Waals surface area contributed by atoms with Gasteiger partial charge in [-0.25, -0.2) is 9.97 Å². The van der Waals surface area contributed by atoms with Crippen LogP contribution < -0.4 is 0 Å². The smallest absolute Gasteiger partial charge is 0.160 e. The van der Waals surface area contributed by atoms with E-state index in [0.29, 0.717) is 0 Å². The van der Waals surface area contributed by atoms with Crippen LogP contribution in [0.5, 0.6) is 0 Å². The van der Waals surface area contributed by atoms with Crippen LogP contribution in [0.25, 0.3) is 94.4 Å². The second-order valence-corrected chi connectivity index (χ2v) is 14.5. The molecule has 0 amide bonds. The molecule has 0 saturated heterocycles. The second kappa shape index (κ2) is 12.1. The number of nitrogens with zero attached hydrogens (tertiary/aromatic N) is 2. The quantitative estimate of drug-likeness (QED) is 0.180. The van der Waals surface area contributed by atoms with Crippen molar-refractivity contribution >= 4 is 38.3 Å². The fourth-order valence-corrected chi connectivity index (χ4v) is 8.84. The van der Waals surface area contributed by atoms with E-state index in [0.717, 1.165) is 45.1 Å². The summed E-state index contributed by atoms with van der Waals surface area (Å²) < 4.78 is 6.44. The maximum atomic E-state index is 6.44. The lowest BCUT2D eigenvalue weighted by atomic mass is 9.76. The Balaban J connectivity index is 0.962. The van der Waals surface area contributed by atoms with Crippen LogP contribution in [-0.4, -0.2) is 9.97 Å². The molecule has 7 aromatic carbocycles. The molecule has 3 heteroatoms. The topological polar surface area (TPSA) is 38.9 Å². The van der Waals surface area contributed by atoms with Gasteiger partial charge in [-0.2, -0.15) is 0 Å². The average molecular weight is 691 g/mol. The summed E-state index contributed by atoms with van der Waals surface area (Å²) in [7, 11) is 0. The van der Waals surface area contributed by atoms with Gasteiger partial charge in [0.2, 0.25) is 0 Å². The molecule has 0 fully saturated rings. The standard InChI is InChI=1S/C51H34N2O/c1-31-37(34-17-10-18-36(27-34)46-30-45(32-13-4-2-5-14-32)52-51(53-46)33-15-6-3-7-16-33)20-11-21-38(31)35-25-26-39-40-22-12-23-42-49(40)44(43(39)28-35)29-48-50(42)41-19-8-9-24-47(41)54-48/h2-31,38H,1H3. The van der Waals surface area contributed by atoms with Crippen molar-refractivity contribution in [3.63, 3.8) is 0 Å². The van der Waals surface area contributed by atoms with E-state index < -0.39 is 0 Å². The summed E-state index contributed by atoms with van der Waals surface area (Å²) >= 11 is 0. The Bertz CT molecular complexity index is 2950. The number of rotatable bonds is 5. The van der Waals surface area contributed by atoms with Crippen LogP contribution in [0.2, 0.25) is 0 Å². The molecule has 254 valence electrons. The van der Waals surface area contributed by atoms with Crippen LogP contribution >= 0.6 is 0 Å². The van der Waals surface area contributed by atoms with Gasteiger partial charge in [0.1, 0.15) is 11.2 Å². The minimum atomic E-state index is 0.224. The maximum Gasteiger partial charge on any atom is 0.160 e. The minimum absolute atomic E-state index is 0.224. The van der Waals surface area contributed by atoms with Crippen molar-refractivity contribution in [2.24, 2.45) is 5.92 Å². The van der Waals surface area contributed by atoms with Crippen molar-refractivity contribution in [3.05, 3.63) is 187 Å². The van der Waals surface area contributed by atoms with Crippen molar-refractivity contribution in [1.82, 2.24) is 9.97 Å². The van der Waals surface area contributed by atoms with Gasteiger partial charge in [-0.3, -0.25) is 0 Å². The van der Waals surface area contributed by atoms with E-state index in [1.807, 2.05) is 30.3 Å². The number of furan rings is 1. The molecule has 0 spiro atoms. The largest absolute Gasteiger partial charge is 0.456 e. The highest BCUT2D eigenvalue weighted by molar-refractivity contribution is 6.27. The van der Waals surface area contributed by atoms with E-state index in [4.69, 9.17) is 14.4 Å². The molecule has 2 aliphatic rings. The number of aromatic nitrogens is 2. The van der Waals surface area contributed by atoms with Gasteiger partial charge in [-0.05, 0) is 86.0 Å². The van der Waals surface area contributed by atoms with E-state index in [2.05, 4.69) is 153 Å². The van der Waals surface area contributed by atoms with Gasteiger partial charge in [0.05, 0.1) is 11.4 Å². The van der Waals surface area contributed by atoms with Crippen molar-refractivity contribution < 1.29 is 4.42 Å². The number of para-hydroxylation sites is 1. The highest BCUT2D eigenvalue weighted by Gasteiger charge is 2.29. The van der Waals surface area contributed by atoms with Crippen molar-refractivity contribution in [3.8, 4) is 56.2 Å². The van der Waals surface area contributed by atoms with E-state index in [1.54, 1.807) is 0 Å². The Kier molecular flexibility index (Phi) is 6.90. The Labute approximate surface area is 313 Å². The molecule has 0 N–H and O–H groups in total. The van der Waals surface area contributed by atoms with Crippen LogP contribution in [0.15, 0.2) is 180 Å². The van der Waals surface area contributed by atoms with Gasteiger partial charge in [0.15, 0.2) is 5.82 Å². The van der Waals surface area contributed by atoms with Gasteiger partial charge < -0.3 is 4.42 Å². The zero-order valence-electron chi connectivity index (χ0n) is 29.7. The second-order valence-electron chi connectivity index (χ2n) is 14.5. The molecule has 2 atom stereocenters.